The molecule has 5 rings (SSSR count). The third-order valence-corrected chi connectivity index (χ3v) is 7.63. The molecule has 0 fully saturated rings. The maximum Gasteiger partial charge on any atom is 0.268 e. The van der Waals surface area contributed by atoms with E-state index in [1.807, 2.05) is 41.8 Å². The Morgan fingerprint density at radius 2 is 1.76 bits per heavy atom. The van der Waals surface area contributed by atoms with Gasteiger partial charge in [0.15, 0.2) is 0 Å². The minimum Gasteiger partial charge on any atom is -0.338 e. The van der Waals surface area contributed by atoms with Gasteiger partial charge in [0.05, 0.1) is 29.1 Å². The van der Waals surface area contributed by atoms with Gasteiger partial charge in [-0.25, -0.2) is 9.97 Å². The summed E-state index contributed by atoms with van der Waals surface area (Å²) in [6.07, 6.45) is 0.161. The number of aryl methyl sites for hydroxylation is 1. The highest BCUT2D eigenvalue weighted by Crippen LogP contribution is 2.36. The Hall–Kier alpha value is -3.62. The van der Waals surface area contributed by atoms with Crippen LogP contribution in [0.2, 0.25) is 0 Å². The van der Waals surface area contributed by atoms with Crippen LogP contribution in [0.3, 0.4) is 0 Å². The van der Waals surface area contributed by atoms with Gasteiger partial charge in [-0.2, -0.15) is 0 Å². The standard InChI is InChI=1S/C26H22N4O2S2/c1-16-8-10-17(11-9-16)23-20(28-26(34-23)18-6-4-3-5-7-18)14-22(31)30(2)15-21-27-19-12-13-33-24(19)25(32)29-21/h3-13H,14-15H2,1-2H3,(H,27,29,32). The number of nitrogens with zero attached hydrogens (tertiary/aromatic N) is 3. The van der Waals surface area contributed by atoms with Crippen molar-refractivity contribution in [2.24, 2.45) is 0 Å². The number of hydrogen-bond donors (Lipinski definition) is 1. The summed E-state index contributed by atoms with van der Waals surface area (Å²) >= 11 is 2.95. The van der Waals surface area contributed by atoms with Crippen molar-refractivity contribution in [3.05, 3.63) is 93.5 Å². The lowest BCUT2D eigenvalue weighted by Gasteiger charge is -2.16. The molecule has 0 saturated carbocycles. The van der Waals surface area contributed by atoms with Crippen LogP contribution in [-0.2, 0) is 17.8 Å². The number of thiazole rings is 1. The fraction of sp³-hybridized carbons (Fsp3) is 0.154. The quantitative estimate of drug-likeness (QED) is 0.354. The first-order valence-corrected chi connectivity index (χ1v) is 12.5. The molecule has 6 nitrogen and oxygen atoms in total. The molecule has 0 saturated heterocycles. The van der Waals surface area contributed by atoms with Gasteiger partial charge in [0.1, 0.15) is 15.5 Å². The summed E-state index contributed by atoms with van der Waals surface area (Å²) in [6, 6.07) is 20.1. The second kappa shape index (κ2) is 9.32. The SMILES string of the molecule is Cc1ccc(-c2sc(-c3ccccc3)nc2CC(=O)N(C)Cc2nc3ccsc3c(=O)[nH]2)cc1. The van der Waals surface area contributed by atoms with E-state index in [1.54, 1.807) is 23.3 Å². The number of amides is 1. The molecular weight excluding hydrogens is 464 g/mol. The maximum absolute atomic E-state index is 13.2. The van der Waals surface area contributed by atoms with Crippen LogP contribution in [0.5, 0.6) is 0 Å². The second-order valence-corrected chi connectivity index (χ2v) is 10.0. The van der Waals surface area contributed by atoms with E-state index < -0.39 is 0 Å². The first kappa shape index (κ1) is 22.2. The predicted molar refractivity (Wildman–Crippen MR) is 138 cm³/mol. The highest BCUT2D eigenvalue weighted by atomic mass is 32.1. The van der Waals surface area contributed by atoms with E-state index in [1.165, 1.54) is 16.9 Å². The summed E-state index contributed by atoms with van der Waals surface area (Å²) in [5.41, 5.74) is 4.48. The molecule has 8 heteroatoms. The van der Waals surface area contributed by atoms with Crippen LogP contribution in [-0.4, -0.2) is 32.8 Å². The molecule has 0 aliphatic carbocycles. The highest BCUT2D eigenvalue weighted by Gasteiger charge is 2.20. The molecule has 0 spiro atoms. The Morgan fingerprint density at radius 1 is 1.00 bits per heavy atom. The number of H-pyrrole nitrogens is 1. The van der Waals surface area contributed by atoms with Crippen LogP contribution in [0.4, 0.5) is 0 Å². The molecule has 5 aromatic rings. The van der Waals surface area contributed by atoms with Crippen LogP contribution >= 0.6 is 22.7 Å². The number of hydrogen-bond acceptors (Lipinski definition) is 6. The van der Waals surface area contributed by atoms with E-state index >= 15 is 0 Å². The number of aromatic amines is 1. The van der Waals surface area contributed by atoms with Crippen molar-refractivity contribution in [3.8, 4) is 21.0 Å². The third kappa shape index (κ3) is 4.55. The summed E-state index contributed by atoms with van der Waals surface area (Å²) in [5.74, 6) is 0.375. The molecule has 0 radical (unpaired) electrons. The Bertz CT molecular complexity index is 1520. The fourth-order valence-corrected chi connectivity index (χ4v) is 5.51. The number of fused-ring (bicyclic) bond motifs is 1. The molecule has 0 aliphatic rings. The number of likely N-dealkylation sites (N-methyl/N-ethyl adjacent to an activating group) is 1. The van der Waals surface area contributed by atoms with E-state index in [4.69, 9.17) is 4.98 Å². The zero-order valence-electron chi connectivity index (χ0n) is 18.7. The molecule has 2 aromatic carbocycles. The van der Waals surface area contributed by atoms with Gasteiger partial charge in [-0.05, 0) is 23.9 Å². The Labute approximate surface area is 204 Å². The van der Waals surface area contributed by atoms with Crippen LogP contribution < -0.4 is 5.56 Å². The lowest BCUT2D eigenvalue weighted by atomic mass is 10.1. The molecule has 0 aliphatic heterocycles. The first-order chi connectivity index (χ1) is 16.5. The summed E-state index contributed by atoms with van der Waals surface area (Å²) < 4.78 is 0.594. The summed E-state index contributed by atoms with van der Waals surface area (Å²) in [5, 5.41) is 2.72. The van der Waals surface area contributed by atoms with E-state index in [0.717, 1.165) is 26.7 Å². The van der Waals surface area contributed by atoms with Gasteiger partial charge in [-0.15, -0.1) is 22.7 Å². The van der Waals surface area contributed by atoms with E-state index in [0.29, 0.717) is 16.0 Å². The van der Waals surface area contributed by atoms with Crippen molar-refractivity contribution in [2.75, 3.05) is 7.05 Å². The molecular formula is C26H22N4O2S2. The van der Waals surface area contributed by atoms with Crippen molar-refractivity contribution in [2.45, 2.75) is 19.9 Å². The molecule has 170 valence electrons. The van der Waals surface area contributed by atoms with Gasteiger partial charge in [0.25, 0.3) is 5.56 Å². The number of thiophene rings is 1. The van der Waals surface area contributed by atoms with Crippen molar-refractivity contribution in [1.29, 1.82) is 0 Å². The molecule has 3 heterocycles. The minimum absolute atomic E-state index is 0.0914. The Balaban J connectivity index is 1.42. The minimum atomic E-state index is -0.176. The van der Waals surface area contributed by atoms with Crippen molar-refractivity contribution in [3.63, 3.8) is 0 Å². The number of rotatable bonds is 6. The zero-order chi connectivity index (χ0) is 23.7. The monoisotopic (exact) mass is 486 g/mol. The second-order valence-electron chi connectivity index (χ2n) is 8.10. The van der Waals surface area contributed by atoms with Crippen molar-refractivity contribution >= 4 is 38.8 Å². The molecule has 1 amide bonds. The zero-order valence-corrected chi connectivity index (χ0v) is 20.4. The predicted octanol–water partition coefficient (Wildman–Crippen LogP) is 5.28. The van der Waals surface area contributed by atoms with Gasteiger partial charge in [0, 0.05) is 12.6 Å². The van der Waals surface area contributed by atoms with Gasteiger partial charge in [0.2, 0.25) is 5.91 Å². The molecule has 34 heavy (non-hydrogen) atoms. The summed E-state index contributed by atoms with van der Waals surface area (Å²) in [6.45, 7) is 2.27. The molecule has 1 N–H and O–H groups in total. The van der Waals surface area contributed by atoms with Gasteiger partial charge < -0.3 is 9.88 Å². The Morgan fingerprint density at radius 3 is 2.53 bits per heavy atom. The average Bonchev–Trinajstić information content (AvgIpc) is 3.48. The molecule has 3 aromatic heterocycles. The van der Waals surface area contributed by atoms with Crippen LogP contribution in [0.15, 0.2) is 70.8 Å². The topological polar surface area (TPSA) is 79.0 Å². The molecule has 0 atom stereocenters. The third-order valence-electron chi connectivity index (χ3n) is 5.53. The number of carbonyl (C=O) groups is 1. The lowest BCUT2D eigenvalue weighted by molar-refractivity contribution is -0.129. The van der Waals surface area contributed by atoms with Gasteiger partial charge >= 0.3 is 0 Å². The lowest BCUT2D eigenvalue weighted by Crippen LogP contribution is -2.29. The maximum atomic E-state index is 13.2. The average molecular weight is 487 g/mol. The van der Waals surface area contributed by atoms with Crippen molar-refractivity contribution in [1.82, 2.24) is 19.9 Å². The molecule has 0 bridgehead atoms. The number of nitrogens with one attached hydrogen (secondary N) is 1. The van der Waals surface area contributed by atoms with Crippen molar-refractivity contribution < 1.29 is 4.79 Å². The number of aromatic nitrogens is 3. The van der Waals surface area contributed by atoms with Crippen LogP contribution in [0, 0.1) is 6.92 Å². The first-order valence-electron chi connectivity index (χ1n) is 10.8. The Kier molecular flexibility index (Phi) is 6.08. The fourth-order valence-electron chi connectivity index (χ4n) is 3.69. The van der Waals surface area contributed by atoms with E-state index in [9.17, 15) is 9.59 Å². The summed E-state index contributed by atoms with van der Waals surface area (Å²) in [4.78, 5) is 40.1. The molecule has 0 unspecified atom stereocenters. The van der Waals surface area contributed by atoms with E-state index in [-0.39, 0.29) is 24.4 Å². The number of carbonyl (C=O) groups excluding carboxylic acids is 1. The van der Waals surface area contributed by atoms with Crippen LogP contribution in [0.25, 0.3) is 31.2 Å². The van der Waals surface area contributed by atoms with Gasteiger partial charge in [-0.1, -0.05) is 60.2 Å². The van der Waals surface area contributed by atoms with E-state index in [2.05, 4.69) is 41.2 Å². The number of benzene rings is 2. The normalized spacial score (nSPS) is 11.1. The van der Waals surface area contributed by atoms with Gasteiger partial charge in [-0.3, -0.25) is 9.59 Å². The smallest absolute Gasteiger partial charge is 0.268 e. The largest absolute Gasteiger partial charge is 0.338 e. The highest BCUT2D eigenvalue weighted by molar-refractivity contribution is 7.18. The van der Waals surface area contributed by atoms with Crippen LogP contribution in [0.1, 0.15) is 17.1 Å². The summed E-state index contributed by atoms with van der Waals surface area (Å²) in [7, 11) is 1.72.